The molecule has 0 aromatic heterocycles. The van der Waals surface area contributed by atoms with Gasteiger partial charge in [0.2, 0.25) is 11.8 Å². The van der Waals surface area contributed by atoms with Crippen molar-refractivity contribution in [1.82, 2.24) is 15.1 Å². The first-order valence-electron chi connectivity index (χ1n) is 10.9. The Morgan fingerprint density at radius 1 is 1.07 bits per heavy atom. The van der Waals surface area contributed by atoms with E-state index in [0.717, 1.165) is 58.3 Å². The molecule has 5 nitrogen and oxygen atoms in total. The molecule has 1 atom stereocenters. The molecule has 1 unspecified atom stereocenters. The lowest BCUT2D eigenvalue weighted by atomic mass is 9.93. The Hall–Kier alpha value is -1.88. The van der Waals surface area contributed by atoms with E-state index in [2.05, 4.69) is 22.3 Å². The number of carbonyl (C=O) groups is 2. The first kappa shape index (κ1) is 20.8. The van der Waals surface area contributed by atoms with Gasteiger partial charge in [-0.1, -0.05) is 44.2 Å². The molecule has 28 heavy (non-hydrogen) atoms. The number of carbonyl (C=O) groups excluding carboxylic acids is 2. The summed E-state index contributed by atoms with van der Waals surface area (Å²) in [6.07, 6.45) is 5.01. The number of rotatable bonds is 6. The summed E-state index contributed by atoms with van der Waals surface area (Å²) in [5.41, 5.74) is 1.26. The van der Waals surface area contributed by atoms with Gasteiger partial charge in [-0.25, -0.2) is 0 Å². The number of likely N-dealkylation sites (tertiary alicyclic amines) is 2. The molecule has 2 heterocycles. The topological polar surface area (TPSA) is 52.7 Å². The predicted molar refractivity (Wildman–Crippen MR) is 112 cm³/mol. The molecule has 154 valence electrons. The molecule has 3 rings (SSSR count). The Balaban J connectivity index is 1.42. The zero-order valence-corrected chi connectivity index (χ0v) is 17.4. The van der Waals surface area contributed by atoms with Crippen LogP contribution in [0.25, 0.3) is 0 Å². The van der Waals surface area contributed by atoms with Crippen molar-refractivity contribution in [1.29, 1.82) is 0 Å². The number of benzene rings is 1. The zero-order valence-electron chi connectivity index (χ0n) is 17.4. The second kappa shape index (κ2) is 10.1. The van der Waals surface area contributed by atoms with E-state index in [1.165, 1.54) is 5.56 Å². The van der Waals surface area contributed by atoms with E-state index in [1.54, 1.807) is 0 Å². The number of piperidine rings is 2. The molecule has 2 fully saturated rings. The molecule has 0 bridgehead atoms. The van der Waals surface area contributed by atoms with Gasteiger partial charge < -0.3 is 10.2 Å². The van der Waals surface area contributed by atoms with Crippen LogP contribution in [0.4, 0.5) is 0 Å². The minimum Gasteiger partial charge on any atom is -0.355 e. The van der Waals surface area contributed by atoms with Crippen molar-refractivity contribution in [2.24, 2.45) is 11.8 Å². The molecule has 1 aromatic rings. The minimum atomic E-state index is 0.0792. The van der Waals surface area contributed by atoms with Crippen LogP contribution < -0.4 is 5.32 Å². The van der Waals surface area contributed by atoms with Crippen molar-refractivity contribution < 1.29 is 9.59 Å². The van der Waals surface area contributed by atoms with Gasteiger partial charge in [0.1, 0.15) is 0 Å². The van der Waals surface area contributed by atoms with Crippen LogP contribution >= 0.6 is 0 Å². The summed E-state index contributed by atoms with van der Waals surface area (Å²) in [5, 5.41) is 3.14. The predicted octanol–water partition coefficient (Wildman–Crippen LogP) is 2.70. The number of hydrogen-bond donors (Lipinski definition) is 1. The van der Waals surface area contributed by atoms with Crippen LogP contribution in [-0.2, 0) is 16.0 Å². The van der Waals surface area contributed by atoms with Gasteiger partial charge in [0, 0.05) is 38.1 Å². The van der Waals surface area contributed by atoms with Crippen LogP contribution in [-0.4, -0.2) is 60.4 Å². The highest BCUT2D eigenvalue weighted by Gasteiger charge is 2.32. The summed E-state index contributed by atoms with van der Waals surface area (Å²) in [7, 11) is 0. The molecular weight excluding hydrogens is 350 g/mol. The van der Waals surface area contributed by atoms with Crippen molar-refractivity contribution in [3.63, 3.8) is 0 Å². The summed E-state index contributed by atoms with van der Waals surface area (Å²) in [6, 6.07) is 10.8. The average molecular weight is 386 g/mol. The van der Waals surface area contributed by atoms with Crippen LogP contribution in [0.3, 0.4) is 0 Å². The van der Waals surface area contributed by atoms with Crippen LogP contribution in [0.5, 0.6) is 0 Å². The van der Waals surface area contributed by atoms with Gasteiger partial charge in [-0.3, -0.25) is 14.5 Å². The summed E-state index contributed by atoms with van der Waals surface area (Å²) in [6.45, 7) is 8.30. The van der Waals surface area contributed by atoms with Crippen LogP contribution in [0, 0.1) is 11.8 Å². The third-order valence-electron chi connectivity index (χ3n) is 6.17. The Labute approximate surface area is 169 Å². The lowest BCUT2D eigenvalue weighted by Crippen LogP contribution is -2.52. The number of amides is 2. The molecule has 1 aromatic carbocycles. The lowest BCUT2D eigenvalue weighted by Gasteiger charge is -2.42. The van der Waals surface area contributed by atoms with E-state index < -0.39 is 0 Å². The van der Waals surface area contributed by atoms with Crippen LogP contribution in [0.15, 0.2) is 30.3 Å². The standard InChI is InChI=1S/C23H35N3O2/c1-18(2)23(28)25-15-11-21(12-16-25)26-14-6-9-20(17-26)22(27)24-13-10-19-7-4-3-5-8-19/h3-5,7-8,18,20-21H,6,9-17H2,1-2H3,(H,24,27). The summed E-state index contributed by atoms with van der Waals surface area (Å²) >= 11 is 0. The lowest BCUT2D eigenvalue weighted by molar-refractivity contribution is -0.136. The highest BCUT2D eigenvalue weighted by Crippen LogP contribution is 2.24. The van der Waals surface area contributed by atoms with Crippen molar-refractivity contribution >= 4 is 11.8 Å². The second-order valence-corrected chi connectivity index (χ2v) is 8.57. The third kappa shape index (κ3) is 5.57. The first-order valence-corrected chi connectivity index (χ1v) is 10.9. The summed E-state index contributed by atoms with van der Waals surface area (Å²) in [4.78, 5) is 29.3. The van der Waals surface area contributed by atoms with Gasteiger partial charge in [-0.15, -0.1) is 0 Å². The van der Waals surface area contributed by atoms with Crippen molar-refractivity contribution in [2.75, 3.05) is 32.7 Å². The molecular formula is C23H35N3O2. The molecule has 0 radical (unpaired) electrons. The smallest absolute Gasteiger partial charge is 0.225 e. The molecule has 5 heteroatoms. The molecule has 0 saturated carbocycles. The molecule has 2 aliphatic rings. The summed E-state index contributed by atoms with van der Waals surface area (Å²) < 4.78 is 0. The maximum absolute atomic E-state index is 12.6. The summed E-state index contributed by atoms with van der Waals surface area (Å²) in [5.74, 6) is 0.649. The van der Waals surface area contributed by atoms with E-state index in [9.17, 15) is 9.59 Å². The Morgan fingerprint density at radius 2 is 1.79 bits per heavy atom. The fourth-order valence-electron chi connectivity index (χ4n) is 4.49. The number of nitrogens with zero attached hydrogens (tertiary/aromatic N) is 2. The van der Waals surface area contributed by atoms with Crippen molar-refractivity contribution in [2.45, 2.75) is 52.0 Å². The highest BCUT2D eigenvalue weighted by molar-refractivity contribution is 5.79. The number of hydrogen-bond acceptors (Lipinski definition) is 3. The van der Waals surface area contributed by atoms with Gasteiger partial charge in [-0.2, -0.15) is 0 Å². The first-order chi connectivity index (χ1) is 13.5. The fraction of sp³-hybridized carbons (Fsp3) is 0.652. The highest BCUT2D eigenvalue weighted by atomic mass is 16.2. The largest absolute Gasteiger partial charge is 0.355 e. The maximum atomic E-state index is 12.6. The van der Waals surface area contributed by atoms with Gasteiger partial charge >= 0.3 is 0 Å². The van der Waals surface area contributed by atoms with Crippen LogP contribution in [0.2, 0.25) is 0 Å². The molecule has 0 aliphatic carbocycles. The number of nitrogens with one attached hydrogen (secondary N) is 1. The molecule has 2 aliphatic heterocycles. The molecule has 2 saturated heterocycles. The molecule has 0 spiro atoms. The zero-order chi connectivity index (χ0) is 19.9. The normalized spacial score (nSPS) is 21.7. The van der Waals surface area contributed by atoms with Gasteiger partial charge in [-0.05, 0) is 44.2 Å². The Bertz CT molecular complexity index is 639. The average Bonchev–Trinajstić information content (AvgIpc) is 2.74. The van der Waals surface area contributed by atoms with Crippen molar-refractivity contribution in [3.05, 3.63) is 35.9 Å². The molecule has 2 amide bonds. The maximum Gasteiger partial charge on any atom is 0.225 e. The van der Waals surface area contributed by atoms with Crippen molar-refractivity contribution in [3.8, 4) is 0 Å². The minimum absolute atomic E-state index is 0.0792. The van der Waals surface area contributed by atoms with E-state index in [0.29, 0.717) is 12.6 Å². The monoisotopic (exact) mass is 385 g/mol. The third-order valence-corrected chi connectivity index (χ3v) is 6.17. The van der Waals surface area contributed by atoms with Gasteiger partial charge in [0.25, 0.3) is 0 Å². The van der Waals surface area contributed by atoms with E-state index >= 15 is 0 Å². The SMILES string of the molecule is CC(C)C(=O)N1CCC(N2CCCC(C(=O)NCCc3ccccc3)C2)CC1. The van der Waals surface area contributed by atoms with E-state index in [1.807, 2.05) is 36.9 Å². The quantitative estimate of drug-likeness (QED) is 0.819. The van der Waals surface area contributed by atoms with E-state index in [-0.39, 0.29) is 23.7 Å². The van der Waals surface area contributed by atoms with Gasteiger partial charge in [0.05, 0.1) is 5.92 Å². The second-order valence-electron chi connectivity index (χ2n) is 8.57. The fourth-order valence-corrected chi connectivity index (χ4v) is 4.49. The Morgan fingerprint density at radius 3 is 2.46 bits per heavy atom. The Kier molecular flexibility index (Phi) is 7.49. The van der Waals surface area contributed by atoms with E-state index in [4.69, 9.17) is 0 Å². The molecule has 1 N–H and O–H groups in total. The van der Waals surface area contributed by atoms with Crippen LogP contribution in [0.1, 0.15) is 45.1 Å². The van der Waals surface area contributed by atoms with Gasteiger partial charge in [0.15, 0.2) is 0 Å².